The van der Waals surface area contributed by atoms with Crippen molar-refractivity contribution in [2.75, 3.05) is 7.05 Å². The molecule has 0 bridgehead atoms. The van der Waals surface area contributed by atoms with Gasteiger partial charge in [-0.05, 0) is 41.4 Å². The lowest BCUT2D eigenvalue weighted by Crippen LogP contribution is -2.51. The van der Waals surface area contributed by atoms with Gasteiger partial charge in [-0.3, -0.25) is 0 Å². The van der Waals surface area contributed by atoms with Crippen molar-refractivity contribution < 1.29 is 9.53 Å². The quantitative estimate of drug-likeness (QED) is 0.758. The van der Waals surface area contributed by atoms with Gasteiger partial charge in [0.15, 0.2) is 0 Å². The lowest BCUT2D eigenvalue weighted by atomic mass is 9.51. The van der Waals surface area contributed by atoms with E-state index in [0.29, 0.717) is 16.2 Å². The maximum atomic E-state index is 11.5. The van der Waals surface area contributed by atoms with Gasteiger partial charge < -0.3 is 10.1 Å². The molecule has 1 spiro atoms. The summed E-state index contributed by atoms with van der Waals surface area (Å²) in [5.74, 6) is 0.811. The Morgan fingerprint density at radius 2 is 2.00 bits per heavy atom. The van der Waals surface area contributed by atoms with E-state index in [-0.39, 0.29) is 17.6 Å². The van der Waals surface area contributed by atoms with Crippen molar-refractivity contribution in [1.82, 2.24) is 5.32 Å². The van der Waals surface area contributed by atoms with Gasteiger partial charge in [0.1, 0.15) is 6.10 Å². The highest BCUT2D eigenvalue weighted by molar-refractivity contribution is 5.67. The summed E-state index contributed by atoms with van der Waals surface area (Å²) in [5, 5.41) is 2.58. The van der Waals surface area contributed by atoms with Crippen LogP contribution >= 0.6 is 0 Å². The van der Waals surface area contributed by atoms with E-state index < -0.39 is 0 Å². The van der Waals surface area contributed by atoms with Gasteiger partial charge in [0.25, 0.3) is 0 Å². The van der Waals surface area contributed by atoms with E-state index in [2.05, 4.69) is 26.1 Å². The van der Waals surface area contributed by atoms with Crippen LogP contribution in [-0.4, -0.2) is 19.2 Å². The number of ether oxygens (including phenoxy) is 1. The lowest BCUT2D eigenvalue weighted by molar-refractivity contribution is -0.0939. The van der Waals surface area contributed by atoms with Crippen molar-refractivity contribution in [2.24, 2.45) is 27.6 Å². The Labute approximate surface area is 102 Å². The molecule has 6 unspecified atom stereocenters. The Hall–Kier alpha value is -0.730. The summed E-state index contributed by atoms with van der Waals surface area (Å²) in [6.07, 6.45) is 3.57. The highest BCUT2D eigenvalue weighted by Crippen LogP contribution is 3.07. The van der Waals surface area contributed by atoms with E-state index in [4.69, 9.17) is 4.74 Å². The zero-order valence-corrected chi connectivity index (χ0v) is 11.1. The first kappa shape index (κ1) is 10.2. The van der Waals surface area contributed by atoms with Gasteiger partial charge in [-0.1, -0.05) is 20.8 Å². The monoisotopic (exact) mass is 235 g/mol. The lowest BCUT2D eigenvalue weighted by Gasteiger charge is -2.53. The molecule has 4 fully saturated rings. The predicted molar refractivity (Wildman–Crippen MR) is 63.4 cm³/mol. The summed E-state index contributed by atoms with van der Waals surface area (Å²) in [6, 6.07) is 0. The van der Waals surface area contributed by atoms with Crippen molar-refractivity contribution in [3.63, 3.8) is 0 Å². The third-order valence-electron chi connectivity index (χ3n) is 7.45. The molecule has 1 N–H and O–H groups in total. The van der Waals surface area contributed by atoms with Crippen LogP contribution in [0.15, 0.2) is 0 Å². The highest BCUT2D eigenvalue weighted by Gasteiger charge is 3.04. The zero-order chi connectivity index (χ0) is 12.3. The third-order valence-corrected chi connectivity index (χ3v) is 7.45. The van der Waals surface area contributed by atoms with Crippen molar-refractivity contribution in [1.29, 1.82) is 0 Å². The Kier molecular flexibility index (Phi) is 1.35. The van der Waals surface area contributed by atoms with E-state index >= 15 is 0 Å². The number of rotatable bonds is 1. The number of alkyl carbamates (subject to hydrolysis) is 1. The Morgan fingerprint density at radius 3 is 2.47 bits per heavy atom. The van der Waals surface area contributed by atoms with Crippen LogP contribution in [-0.2, 0) is 4.74 Å². The summed E-state index contributed by atoms with van der Waals surface area (Å²) in [7, 11) is 1.64. The van der Waals surface area contributed by atoms with Gasteiger partial charge in [-0.25, -0.2) is 4.79 Å². The second kappa shape index (κ2) is 2.24. The van der Waals surface area contributed by atoms with Crippen molar-refractivity contribution >= 4 is 6.09 Å². The molecular weight excluding hydrogens is 214 g/mol. The fraction of sp³-hybridized carbons (Fsp3) is 0.929. The molecule has 0 saturated heterocycles. The standard InChI is InChI=1S/C14H21NO2/c1-11-7-13(3)12(2)6-8(14(11,12)13)5-9(11)17-10(16)15-4/h8-9H,5-7H2,1-4H3,(H,15,16). The van der Waals surface area contributed by atoms with Gasteiger partial charge >= 0.3 is 6.09 Å². The molecular formula is C14H21NO2. The molecule has 4 aliphatic carbocycles. The smallest absolute Gasteiger partial charge is 0.407 e. The number of hydrogen-bond acceptors (Lipinski definition) is 2. The fourth-order valence-electron chi connectivity index (χ4n) is 7.25. The molecule has 17 heavy (non-hydrogen) atoms. The van der Waals surface area contributed by atoms with E-state index in [9.17, 15) is 4.79 Å². The number of carbonyl (C=O) groups is 1. The predicted octanol–water partition coefficient (Wildman–Crippen LogP) is 2.56. The SMILES string of the molecule is CNC(=O)OC1CC2CC3(C)C4(C)CC1(C)C234. The van der Waals surface area contributed by atoms with Crippen molar-refractivity contribution in [2.45, 2.75) is 46.1 Å². The molecule has 3 nitrogen and oxygen atoms in total. The van der Waals surface area contributed by atoms with E-state index in [1.54, 1.807) is 7.05 Å². The first-order chi connectivity index (χ1) is 7.87. The number of fused-ring (bicyclic) bond motifs is 1. The second-order valence-electron chi connectivity index (χ2n) is 7.35. The molecule has 0 radical (unpaired) electrons. The van der Waals surface area contributed by atoms with Gasteiger partial charge in [0, 0.05) is 12.5 Å². The summed E-state index contributed by atoms with van der Waals surface area (Å²) in [5.41, 5.74) is 1.89. The number of nitrogens with one attached hydrogen (secondary N) is 1. The second-order valence-corrected chi connectivity index (χ2v) is 7.35. The van der Waals surface area contributed by atoms with Crippen LogP contribution in [0.1, 0.15) is 40.0 Å². The summed E-state index contributed by atoms with van der Waals surface area (Å²) >= 11 is 0. The van der Waals surface area contributed by atoms with Crippen LogP contribution in [0.25, 0.3) is 0 Å². The molecule has 4 saturated carbocycles. The average molecular weight is 235 g/mol. The van der Waals surface area contributed by atoms with Crippen LogP contribution in [0, 0.1) is 27.6 Å². The molecule has 0 aromatic carbocycles. The van der Waals surface area contributed by atoms with E-state index in [1.165, 1.54) is 12.8 Å². The first-order valence-corrected chi connectivity index (χ1v) is 6.76. The molecule has 0 aromatic rings. The van der Waals surface area contributed by atoms with Crippen molar-refractivity contribution in [3.8, 4) is 0 Å². The largest absolute Gasteiger partial charge is 0.446 e. The van der Waals surface area contributed by atoms with Crippen LogP contribution in [0.3, 0.4) is 0 Å². The van der Waals surface area contributed by atoms with Gasteiger partial charge in [0.05, 0.1) is 0 Å². The summed E-state index contributed by atoms with van der Waals surface area (Å²) in [6.45, 7) is 7.26. The number of hydrogen-bond donors (Lipinski definition) is 1. The Morgan fingerprint density at radius 1 is 1.29 bits per heavy atom. The molecule has 0 heterocycles. The minimum absolute atomic E-state index is 0.143. The van der Waals surface area contributed by atoms with Crippen LogP contribution in [0.5, 0.6) is 0 Å². The maximum Gasteiger partial charge on any atom is 0.407 e. The first-order valence-electron chi connectivity index (χ1n) is 6.76. The van der Waals surface area contributed by atoms with E-state index in [0.717, 1.165) is 12.3 Å². The topological polar surface area (TPSA) is 38.3 Å². The minimum atomic E-state index is -0.259. The summed E-state index contributed by atoms with van der Waals surface area (Å²) < 4.78 is 5.63. The number of carbonyl (C=O) groups excluding carboxylic acids is 1. The summed E-state index contributed by atoms with van der Waals surface area (Å²) in [4.78, 5) is 11.5. The number of amides is 1. The molecule has 4 rings (SSSR count). The van der Waals surface area contributed by atoms with E-state index in [1.807, 2.05) is 0 Å². The normalized spacial score (nSPS) is 64.9. The third kappa shape index (κ3) is 0.612. The van der Waals surface area contributed by atoms with Gasteiger partial charge in [-0.15, -0.1) is 0 Å². The average Bonchev–Trinajstić information content (AvgIpc) is 2.41. The molecule has 94 valence electrons. The van der Waals surface area contributed by atoms with Crippen LogP contribution < -0.4 is 5.32 Å². The molecule has 4 aliphatic rings. The minimum Gasteiger partial charge on any atom is -0.446 e. The molecule has 1 amide bonds. The van der Waals surface area contributed by atoms with Crippen molar-refractivity contribution in [3.05, 3.63) is 0 Å². The van der Waals surface area contributed by atoms with Gasteiger partial charge in [-0.2, -0.15) is 0 Å². The molecule has 0 aliphatic heterocycles. The van der Waals surface area contributed by atoms with Gasteiger partial charge in [0.2, 0.25) is 0 Å². The molecule has 3 heteroatoms. The maximum absolute atomic E-state index is 11.5. The zero-order valence-electron chi connectivity index (χ0n) is 11.1. The Balaban J connectivity index is 1.67. The molecule has 0 aromatic heterocycles. The molecule has 6 atom stereocenters. The van der Waals surface area contributed by atoms with Crippen LogP contribution in [0.2, 0.25) is 0 Å². The fourth-order valence-corrected chi connectivity index (χ4v) is 7.25. The Bertz CT molecular complexity index is 440. The van der Waals surface area contributed by atoms with Crippen LogP contribution in [0.4, 0.5) is 4.79 Å². The highest BCUT2D eigenvalue weighted by atomic mass is 16.6.